The van der Waals surface area contributed by atoms with Crippen LogP contribution in [0.5, 0.6) is 5.75 Å². The molecule has 3 aromatic carbocycles. The number of carbonyl (C=O) groups excluding carboxylic acids is 1. The largest absolute Gasteiger partial charge is 0.497 e. The molecule has 4 aromatic rings. The van der Waals surface area contributed by atoms with Gasteiger partial charge in [-0.05, 0) is 34.5 Å². The van der Waals surface area contributed by atoms with Gasteiger partial charge in [0, 0.05) is 24.2 Å². The zero-order chi connectivity index (χ0) is 27.0. The predicted octanol–water partition coefficient (Wildman–Crippen LogP) is 0.744. The predicted molar refractivity (Wildman–Crippen MR) is 139 cm³/mol. The molecule has 0 unspecified atom stereocenters. The Morgan fingerprint density at radius 1 is 1.05 bits per heavy atom. The average Bonchev–Trinajstić information content (AvgIpc) is 3.30. The molecule has 0 saturated carbocycles. The zero-order valence-corrected chi connectivity index (χ0v) is 20.7. The quantitative estimate of drug-likeness (QED) is 0.208. The van der Waals surface area contributed by atoms with Gasteiger partial charge in [-0.3, -0.25) is 4.79 Å². The highest BCUT2D eigenvalue weighted by Crippen LogP contribution is 2.31. The van der Waals surface area contributed by atoms with Crippen LogP contribution >= 0.6 is 0 Å². The topological polar surface area (TPSA) is 154 Å². The summed E-state index contributed by atoms with van der Waals surface area (Å²) in [6.07, 6.45) is -5.00. The number of aromatic nitrogens is 1. The van der Waals surface area contributed by atoms with Crippen LogP contribution in [0.15, 0.2) is 66.9 Å². The van der Waals surface area contributed by atoms with Gasteiger partial charge in [0.15, 0.2) is 6.29 Å². The van der Waals surface area contributed by atoms with Crippen LogP contribution in [-0.4, -0.2) is 86.5 Å². The lowest BCUT2D eigenvalue weighted by Crippen LogP contribution is -2.74. The first-order chi connectivity index (χ1) is 18.3. The summed E-state index contributed by atoms with van der Waals surface area (Å²) >= 11 is 0. The van der Waals surface area contributed by atoms with Crippen LogP contribution in [0.4, 0.5) is 0 Å². The maximum absolute atomic E-state index is 13.6. The van der Waals surface area contributed by atoms with Crippen molar-refractivity contribution in [2.45, 2.75) is 36.7 Å². The van der Waals surface area contributed by atoms with Gasteiger partial charge in [-0.2, -0.15) is 0 Å². The van der Waals surface area contributed by atoms with Gasteiger partial charge in [-0.1, -0.05) is 36.4 Å². The summed E-state index contributed by atoms with van der Waals surface area (Å²) in [5, 5.41) is 56.4. The maximum Gasteiger partial charge on any atom is 0.254 e. The van der Waals surface area contributed by atoms with Gasteiger partial charge in [0.05, 0.1) is 31.4 Å². The minimum Gasteiger partial charge on any atom is -0.497 e. The van der Waals surface area contributed by atoms with Gasteiger partial charge in [0.1, 0.15) is 29.6 Å². The molecule has 10 nitrogen and oxygen atoms in total. The summed E-state index contributed by atoms with van der Waals surface area (Å²) in [5.74, 6) is -0.110. The molecule has 1 aliphatic rings. The Kier molecular flexibility index (Phi) is 7.10. The summed E-state index contributed by atoms with van der Waals surface area (Å²) in [7, 11) is 1.55. The molecule has 2 heterocycles. The Morgan fingerprint density at radius 3 is 2.53 bits per heavy atom. The third kappa shape index (κ3) is 4.41. The third-order valence-electron chi connectivity index (χ3n) is 7.27. The number of amides is 1. The van der Waals surface area contributed by atoms with E-state index in [2.05, 4.69) is 11.4 Å². The number of aliphatic hydroxyl groups excluding tert-OH is 5. The van der Waals surface area contributed by atoms with Gasteiger partial charge in [0.2, 0.25) is 0 Å². The SMILES string of the molecule is COc1ccc2c(C(=O)N[C@@]3(CO)[C@H](O)O[C@H](CO)[C@@H](O)[C@@H]3O)cn(Cc3ccc4ccccc4c3)c2c1. The number of ether oxygens (including phenoxy) is 2. The van der Waals surface area contributed by atoms with E-state index in [0.29, 0.717) is 23.2 Å². The highest BCUT2D eigenvalue weighted by atomic mass is 16.6. The molecule has 1 saturated heterocycles. The molecule has 0 spiro atoms. The van der Waals surface area contributed by atoms with Gasteiger partial charge in [0.25, 0.3) is 5.91 Å². The second-order valence-electron chi connectivity index (χ2n) is 9.53. The molecule has 200 valence electrons. The molecule has 1 amide bonds. The van der Waals surface area contributed by atoms with Crippen LogP contribution in [0.25, 0.3) is 21.7 Å². The Hall–Kier alpha value is -3.51. The zero-order valence-electron chi connectivity index (χ0n) is 20.7. The highest BCUT2D eigenvalue weighted by molar-refractivity contribution is 6.07. The second kappa shape index (κ2) is 10.3. The van der Waals surface area contributed by atoms with Crippen molar-refractivity contribution in [2.24, 2.45) is 0 Å². The monoisotopic (exact) mass is 522 g/mol. The first kappa shape index (κ1) is 26.1. The molecule has 10 heteroatoms. The standard InChI is InChI=1S/C28H30N2O8/c1-37-19-8-9-20-21(26(35)29-28(15-32)25(34)24(33)23(14-31)38-27(28)36)13-30(22(20)11-19)12-16-6-7-17-4-2-3-5-18(17)10-16/h2-11,13,23-25,27,31-34,36H,12,14-15H2,1H3,(H,29,35)/t23-,24-,25+,27-,28-/m1/s1. The lowest BCUT2D eigenvalue weighted by atomic mass is 9.83. The van der Waals surface area contributed by atoms with Crippen LogP contribution in [0.3, 0.4) is 0 Å². The molecule has 0 aliphatic carbocycles. The lowest BCUT2D eigenvalue weighted by molar-refractivity contribution is -0.288. The number of nitrogens with one attached hydrogen (secondary N) is 1. The lowest BCUT2D eigenvalue weighted by Gasteiger charge is -2.48. The Bertz CT molecular complexity index is 1470. The molecule has 5 rings (SSSR count). The van der Waals surface area contributed by atoms with Gasteiger partial charge < -0.3 is 44.9 Å². The van der Waals surface area contributed by atoms with Crippen LogP contribution in [-0.2, 0) is 11.3 Å². The van der Waals surface area contributed by atoms with Gasteiger partial charge >= 0.3 is 0 Å². The fourth-order valence-electron chi connectivity index (χ4n) is 5.04. The number of hydrogen-bond acceptors (Lipinski definition) is 8. The van der Waals surface area contributed by atoms with Crippen molar-refractivity contribution in [1.82, 2.24) is 9.88 Å². The van der Waals surface area contributed by atoms with Crippen LogP contribution < -0.4 is 10.1 Å². The first-order valence-electron chi connectivity index (χ1n) is 12.2. The fourth-order valence-corrected chi connectivity index (χ4v) is 5.04. The first-order valence-corrected chi connectivity index (χ1v) is 12.2. The number of carbonyl (C=O) groups is 1. The van der Waals surface area contributed by atoms with Crippen LogP contribution in [0.2, 0.25) is 0 Å². The summed E-state index contributed by atoms with van der Waals surface area (Å²) in [6, 6.07) is 19.4. The summed E-state index contributed by atoms with van der Waals surface area (Å²) in [5.41, 5.74) is -0.190. The molecule has 38 heavy (non-hydrogen) atoms. The van der Waals surface area contributed by atoms with E-state index in [1.165, 1.54) is 0 Å². The number of benzene rings is 3. The smallest absolute Gasteiger partial charge is 0.254 e. The van der Waals surface area contributed by atoms with Crippen molar-refractivity contribution in [2.75, 3.05) is 20.3 Å². The van der Waals surface area contributed by atoms with Crippen molar-refractivity contribution in [3.05, 3.63) is 78.0 Å². The molecule has 5 atom stereocenters. The fraction of sp³-hybridized carbons (Fsp3) is 0.321. The molecular weight excluding hydrogens is 492 g/mol. The maximum atomic E-state index is 13.6. The van der Waals surface area contributed by atoms with E-state index in [-0.39, 0.29) is 5.56 Å². The molecular formula is C28H30N2O8. The van der Waals surface area contributed by atoms with Crippen molar-refractivity contribution in [3.63, 3.8) is 0 Å². The van der Waals surface area contributed by atoms with E-state index in [9.17, 15) is 30.3 Å². The van der Waals surface area contributed by atoms with Crippen molar-refractivity contribution in [1.29, 1.82) is 0 Å². The Morgan fingerprint density at radius 2 is 1.82 bits per heavy atom. The van der Waals surface area contributed by atoms with Crippen LogP contribution in [0.1, 0.15) is 15.9 Å². The molecule has 1 aromatic heterocycles. The minimum atomic E-state index is -2.12. The van der Waals surface area contributed by atoms with Crippen LogP contribution in [0, 0.1) is 0 Å². The number of aliphatic hydroxyl groups is 5. The Balaban J connectivity index is 1.52. The number of methoxy groups -OCH3 is 1. The van der Waals surface area contributed by atoms with Crippen molar-refractivity contribution in [3.8, 4) is 5.75 Å². The number of fused-ring (bicyclic) bond motifs is 2. The van der Waals surface area contributed by atoms with E-state index in [1.807, 2.05) is 41.0 Å². The minimum absolute atomic E-state index is 0.217. The van der Waals surface area contributed by atoms with Gasteiger partial charge in [-0.25, -0.2) is 0 Å². The molecule has 0 bridgehead atoms. The summed E-state index contributed by atoms with van der Waals surface area (Å²) in [4.78, 5) is 13.6. The molecule has 6 N–H and O–H groups in total. The summed E-state index contributed by atoms with van der Waals surface area (Å²) in [6.45, 7) is -1.16. The molecule has 1 fully saturated rings. The number of rotatable bonds is 7. The van der Waals surface area contributed by atoms with Crippen molar-refractivity contribution < 1.29 is 39.8 Å². The molecule has 1 aliphatic heterocycles. The second-order valence-corrected chi connectivity index (χ2v) is 9.53. The van der Waals surface area contributed by atoms with E-state index in [1.54, 1.807) is 31.5 Å². The number of hydrogen-bond donors (Lipinski definition) is 6. The van der Waals surface area contributed by atoms with Gasteiger partial charge in [-0.15, -0.1) is 0 Å². The van der Waals surface area contributed by atoms with E-state index >= 15 is 0 Å². The van der Waals surface area contributed by atoms with Crippen molar-refractivity contribution >= 4 is 27.6 Å². The average molecular weight is 523 g/mol. The molecule has 0 radical (unpaired) electrons. The van der Waals surface area contributed by atoms with E-state index in [0.717, 1.165) is 16.3 Å². The Labute approximate surface area is 218 Å². The number of nitrogens with zero attached hydrogens (tertiary/aromatic N) is 1. The highest BCUT2D eigenvalue weighted by Gasteiger charge is 2.56. The van der Waals surface area contributed by atoms with E-state index in [4.69, 9.17) is 9.47 Å². The third-order valence-corrected chi connectivity index (χ3v) is 7.27. The summed E-state index contributed by atoms with van der Waals surface area (Å²) < 4.78 is 12.5. The van der Waals surface area contributed by atoms with E-state index < -0.39 is 49.3 Å². The normalized spacial score (nSPS) is 25.5.